The van der Waals surface area contributed by atoms with E-state index >= 15 is 0 Å². The quantitative estimate of drug-likeness (QED) is 0.489. The molecule has 0 spiro atoms. The van der Waals surface area contributed by atoms with Crippen LogP contribution < -0.4 is 10.1 Å². The SMILES string of the molecule is COc1ccc(C2=CCNC(CCSCc3c[nH]c4ccccc34)C2)cc1.Cl. The first-order valence-electron chi connectivity index (χ1n) is 9.53. The Morgan fingerprint density at radius 3 is 2.75 bits per heavy atom. The van der Waals surface area contributed by atoms with Gasteiger partial charge in [-0.15, -0.1) is 12.4 Å². The fourth-order valence-electron chi connectivity index (χ4n) is 3.67. The van der Waals surface area contributed by atoms with Crippen LogP contribution in [0.15, 0.2) is 60.8 Å². The van der Waals surface area contributed by atoms with Crippen molar-refractivity contribution in [3.8, 4) is 5.75 Å². The molecule has 0 saturated carbocycles. The lowest BCUT2D eigenvalue weighted by atomic mass is 9.94. The minimum atomic E-state index is 0. The molecule has 3 nitrogen and oxygen atoms in total. The molecule has 0 aliphatic carbocycles. The van der Waals surface area contributed by atoms with Crippen LogP contribution in [-0.4, -0.2) is 30.4 Å². The molecule has 0 saturated heterocycles. The first-order chi connectivity index (χ1) is 13.3. The summed E-state index contributed by atoms with van der Waals surface area (Å²) in [7, 11) is 1.71. The number of nitrogens with one attached hydrogen (secondary N) is 2. The van der Waals surface area contributed by atoms with Crippen molar-refractivity contribution < 1.29 is 4.74 Å². The molecule has 0 bridgehead atoms. The molecule has 5 heteroatoms. The second-order valence-electron chi connectivity index (χ2n) is 6.97. The van der Waals surface area contributed by atoms with Crippen molar-refractivity contribution in [2.45, 2.75) is 24.6 Å². The van der Waals surface area contributed by atoms with Gasteiger partial charge in [0.05, 0.1) is 7.11 Å². The highest BCUT2D eigenvalue weighted by Crippen LogP contribution is 2.27. The summed E-state index contributed by atoms with van der Waals surface area (Å²) in [6, 6.07) is 17.5. The third kappa shape index (κ3) is 4.93. The number of rotatable bonds is 7. The van der Waals surface area contributed by atoms with Gasteiger partial charge in [0, 0.05) is 35.4 Å². The lowest BCUT2D eigenvalue weighted by molar-refractivity contribution is 0.414. The average molecular weight is 415 g/mol. The highest BCUT2D eigenvalue weighted by atomic mass is 35.5. The number of para-hydroxylation sites is 1. The second-order valence-corrected chi connectivity index (χ2v) is 8.07. The lowest BCUT2D eigenvalue weighted by Gasteiger charge is -2.24. The Hall–Kier alpha value is -1.88. The summed E-state index contributed by atoms with van der Waals surface area (Å²) in [6.07, 6.45) is 6.76. The molecule has 2 heterocycles. The van der Waals surface area contributed by atoms with Gasteiger partial charge in [-0.3, -0.25) is 0 Å². The Labute approximate surface area is 177 Å². The molecule has 1 atom stereocenters. The summed E-state index contributed by atoms with van der Waals surface area (Å²) in [4.78, 5) is 3.37. The highest BCUT2D eigenvalue weighted by Gasteiger charge is 2.16. The Kier molecular flexibility index (Phi) is 7.49. The Bertz CT molecular complexity index is 920. The minimum Gasteiger partial charge on any atom is -0.497 e. The molecular weight excluding hydrogens is 388 g/mol. The van der Waals surface area contributed by atoms with E-state index in [1.807, 2.05) is 23.9 Å². The molecule has 1 unspecified atom stereocenters. The summed E-state index contributed by atoms with van der Waals surface area (Å²) in [5.74, 6) is 3.16. The molecule has 2 aromatic carbocycles. The third-order valence-corrected chi connectivity index (χ3v) is 6.26. The Balaban J connectivity index is 0.00000225. The number of fused-ring (bicyclic) bond motifs is 1. The number of ether oxygens (including phenoxy) is 1. The molecular formula is C23H27ClN2OS. The molecule has 148 valence electrons. The van der Waals surface area contributed by atoms with Crippen LogP contribution in [-0.2, 0) is 5.75 Å². The van der Waals surface area contributed by atoms with Gasteiger partial charge in [-0.2, -0.15) is 11.8 Å². The fraction of sp³-hybridized carbons (Fsp3) is 0.304. The van der Waals surface area contributed by atoms with Crippen LogP contribution in [0.1, 0.15) is 24.0 Å². The van der Waals surface area contributed by atoms with Crippen molar-refractivity contribution in [1.29, 1.82) is 0 Å². The third-order valence-electron chi connectivity index (χ3n) is 5.23. The van der Waals surface area contributed by atoms with Gasteiger partial charge in [0.2, 0.25) is 0 Å². The predicted octanol–water partition coefficient (Wildman–Crippen LogP) is 5.67. The van der Waals surface area contributed by atoms with Crippen LogP contribution in [0.3, 0.4) is 0 Å². The molecule has 1 aliphatic rings. The van der Waals surface area contributed by atoms with Crippen LogP contribution in [0.25, 0.3) is 16.5 Å². The zero-order valence-electron chi connectivity index (χ0n) is 16.1. The van der Waals surface area contributed by atoms with Crippen LogP contribution >= 0.6 is 24.2 Å². The van der Waals surface area contributed by atoms with Gasteiger partial charge in [-0.1, -0.05) is 36.4 Å². The highest BCUT2D eigenvalue weighted by molar-refractivity contribution is 7.98. The number of aromatic amines is 1. The van der Waals surface area contributed by atoms with Crippen molar-refractivity contribution in [3.63, 3.8) is 0 Å². The van der Waals surface area contributed by atoms with E-state index in [0.29, 0.717) is 6.04 Å². The number of H-pyrrole nitrogens is 1. The van der Waals surface area contributed by atoms with E-state index < -0.39 is 0 Å². The van der Waals surface area contributed by atoms with Gasteiger partial charge in [0.15, 0.2) is 0 Å². The van der Waals surface area contributed by atoms with Gasteiger partial charge < -0.3 is 15.0 Å². The number of hydrogen-bond donors (Lipinski definition) is 2. The van der Waals surface area contributed by atoms with E-state index in [1.165, 1.54) is 39.8 Å². The van der Waals surface area contributed by atoms with E-state index in [2.05, 4.69) is 59.0 Å². The van der Waals surface area contributed by atoms with Gasteiger partial charge in [-0.05, 0) is 53.5 Å². The number of aromatic nitrogens is 1. The summed E-state index contributed by atoms with van der Waals surface area (Å²) in [5, 5.41) is 5.00. The van der Waals surface area contributed by atoms with Crippen molar-refractivity contribution in [2.75, 3.05) is 19.4 Å². The van der Waals surface area contributed by atoms with Crippen molar-refractivity contribution in [2.24, 2.45) is 0 Å². The van der Waals surface area contributed by atoms with E-state index in [4.69, 9.17) is 4.74 Å². The van der Waals surface area contributed by atoms with E-state index in [-0.39, 0.29) is 12.4 Å². The predicted molar refractivity (Wildman–Crippen MR) is 124 cm³/mol. The van der Waals surface area contributed by atoms with E-state index in [0.717, 1.165) is 24.5 Å². The van der Waals surface area contributed by atoms with E-state index in [1.54, 1.807) is 7.11 Å². The second kappa shape index (κ2) is 10.1. The smallest absolute Gasteiger partial charge is 0.118 e. The maximum absolute atomic E-state index is 5.26. The molecule has 1 aliphatic heterocycles. The molecule has 0 amide bonds. The van der Waals surface area contributed by atoms with Gasteiger partial charge >= 0.3 is 0 Å². The molecule has 28 heavy (non-hydrogen) atoms. The maximum atomic E-state index is 5.26. The van der Waals surface area contributed by atoms with E-state index in [9.17, 15) is 0 Å². The zero-order chi connectivity index (χ0) is 18.5. The first-order valence-corrected chi connectivity index (χ1v) is 10.7. The molecule has 0 fully saturated rings. The maximum Gasteiger partial charge on any atom is 0.118 e. The number of benzene rings is 2. The molecule has 3 aromatic rings. The topological polar surface area (TPSA) is 37.0 Å². The van der Waals surface area contributed by atoms with Gasteiger partial charge in [0.25, 0.3) is 0 Å². The largest absolute Gasteiger partial charge is 0.497 e. The lowest BCUT2D eigenvalue weighted by Crippen LogP contribution is -2.33. The summed E-state index contributed by atoms with van der Waals surface area (Å²) < 4.78 is 5.26. The van der Waals surface area contributed by atoms with Crippen molar-refractivity contribution in [1.82, 2.24) is 10.3 Å². The van der Waals surface area contributed by atoms with Crippen LogP contribution in [0.5, 0.6) is 5.75 Å². The van der Waals surface area contributed by atoms with Crippen LogP contribution in [0.2, 0.25) is 0 Å². The van der Waals surface area contributed by atoms with Gasteiger partial charge in [-0.25, -0.2) is 0 Å². The van der Waals surface area contributed by atoms with Crippen LogP contribution in [0.4, 0.5) is 0 Å². The molecule has 1 aromatic heterocycles. The van der Waals surface area contributed by atoms with Crippen LogP contribution in [0, 0.1) is 0 Å². The summed E-state index contributed by atoms with van der Waals surface area (Å²) >= 11 is 2.03. The molecule has 2 N–H and O–H groups in total. The van der Waals surface area contributed by atoms with Crippen molar-refractivity contribution >= 4 is 40.6 Å². The Morgan fingerprint density at radius 2 is 1.93 bits per heavy atom. The van der Waals surface area contributed by atoms with Gasteiger partial charge in [0.1, 0.15) is 5.75 Å². The Morgan fingerprint density at radius 1 is 1.11 bits per heavy atom. The number of methoxy groups -OCH3 is 1. The number of hydrogen-bond acceptors (Lipinski definition) is 3. The molecule has 0 radical (unpaired) electrons. The zero-order valence-corrected chi connectivity index (χ0v) is 17.7. The standard InChI is InChI=1S/C23H26N2OS.ClH/c1-26-21-8-6-17(7-9-21)18-10-12-24-20(14-18)11-13-27-16-19-15-25-23-5-3-2-4-22(19)23;/h2-10,15,20,24-25H,11-14,16H2,1H3;1H. The average Bonchev–Trinajstić information content (AvgIpc) is 3.15. The van der Waals surface area contributed by atoms with Crippen molar-refractivity contribution in [3.05, 3.63) is 71.9 Å². The first kappa shape index (κ1) is 20.8. The number of halogens is 1. The molecule has 4 rings (SSSR count). The number of thioether (sulfide) groups is 1. The summed E-state index contributed by atoms with van der Waals surface area (Å²) in [6.45, 7) is 0.957. The fourth-order valence-corrected chi connectivity index (χ4v) is 4.73. The monoisotopic (exact) mass is 414 g/mol. The minimum absolute atomic E-state index is 0. The summed E-state index contributed by atoms with van der Waals surface area (Å²) in [5.41, 5.74) is 5.40. The normalized spacial score (nSPS) is 16.5.